The van der Waals surface area contributed by atoms with E-state index in [4.69, 9.17) is 0 Å². The van der Waals surface area contributed by atoms with Gasteiger partial charge in [0.2, 0.25) is 0 Å². The highest BCUT2D eigenvalue weighted by atomic mass is 16.3. The minimum Gasteiger partial charge on any atom is -0.393 e. The van der Waals surface area contributed by atoms with Gasteiger partial charge in [-0.3, -0.25) is 4.79 Å². The van der Waals surface area contributed by atoms with Gasteiger partial charge in [-0.05, 0) is 99.2 Å². The Balaban J connectivity index is 0.000000775. The van der Waals surface area contributed by atoms with E-state index in [-0.39, 0.29) is 22.5 Å². The molecule has 3 nitrogen and oxygen atoms in total. The van der Waals surface area contributed by atoms with Gasteiger partial charge < -0.3 is 10.4 Å². The minimum absolute atomic E-state index is 0.00851. The summed E-state index contributed by atoms with van der Waals surface area (Å²) in [6.07, 6.45) is 9.57. The van der Waals surface area contributed by atoms with E-state index < -0.39 is 0 Å². The summed E-state index contributed by atoms with van der Waals surface area (Å²) in [4.78, 5) is 11.2. The average Bonchev–Trinajstić information content (AvgIpc) is 3.38. The number of hydrogen-bond acceptors (Lipinski definition) is 3. The molecule has 0 amide bonds. The van der Waals surface area contributed by atoms with Crippen molar-refractivity contribution in [3.05, 3.63) is 88.0 Å². The van der Waals surface area contributed by atoms with Crippen molar-refractivity contribution in [2.75, 3.05) is 7.05 Å². The van der Waals surface area contributed by atoms with Crippen LogP contribution in [0.25, 0.3) is 6.08 Å². The standard InChI is InChI=1S/C29H38O2.C6H13N.C2H6/c1-7-29(8-2,26-17-23-10-9-21(19-30)16-24(23)18-26)25-13-11-22(20(3)15-25)12-14-27(31)28(4,5)6;1-5-6(2,3)7-4;1-2/h9-11,13,15-16,18-19,27,31H,7-8,12,14,17H2,1-6H3;5,7H,1H2,2-4H3;1-2H3. The first kappa shape index (κ1) is 35.5. The molecule has 1 unspecified atom stereocenters. The number of carbonyl (C=O) groups excluding carboxylic acids is 1. The van der Waals surface area contributed by atoms with E-state index in [9.17, 15) is 9.90 Å². The summed E-state index contributed by atoms with van der Waals surface area (Å²) < 4.78 is 0. The second-order valence-electron chi connectivity index (χ2n) is 12.4. The molecule has 0 spiro atoms. The molecule has 0 fully saturated rings. The molecule has 3 heteroatoms. The van der Waals surface area contributed by atoms with Crippen molar-refractivity contribution in [2.24, 2.45) is 5.41 Å². The number of fused-ring (bicyclic) bond motifs is 1. The molecule has 1 aliphatic rings. The van der Waals surface area contributed by atoms with Crippen molar-refractivity contribution >= 4 is 12.4 Å². The predicted octanol–water partition coefficient (Wildman–Crippen LogP) is 9.04. The van der Waals surface area contributed by atoms with E-state index in [1.165, 1.54) is 33.4 Å². The summed E-state index contributed by atoms with van der Waals surface area (Å²) in [5, 5.41) is 13.5. The summed E-state index contributed by atoms with van der Waals surface area (Å²) >= 11 is 0. The number of rotatable bonds is 10. The van der Waals surface area contributed by atoms with Crippen LogP contribution in [0.15, 0.2) is 54.6 Å². The molecule has 222 valence electrons. The first-order chi connectivity index (χ1) is 18.8. The van der Waals surface area contributed by atoms with Crippen molar-refractivity contribution in [1.29, 1.82) is 0 Å². The zero-order valence-electron chi connectivity index (χ0n) is 27.4. The molecule has 0 saturated carbocycles. The van der Waals surface area contributed by atoms with Crippen molar-refractivity contribution in [2.45, 2.75) is 118 Å². The van der Waals surface area contributed by atoms with Gasteiger partial charge in [0.15, 0.2) is 0 Å². The molecule has 0 bridgehead atoms. The molecule has 0 heterocycles. The van der Waals surface area contributed by atoms with E-state index in [2.05, 4.69) is 97.6 Å². The van der Waals surface area contributed by atoms with Crippen LogP contribution in [0.2, 0.25) is 0 Å². The van der Waals surface area contributed by atoms with Crippen LogP contribution >= 0.6 is 0 Å². The van der Waals surface area contributed by atoms with Gasteiger partial charge in [0.05, 0.1) is 6.10 Å². The molecular formula is C37H57NO2. The number of likely N-dealkylation sites (N-methyl/N-ethyl adjacent to an activating group) is 1. The number of aldehydes is 1. The fourth-order valence-electron chi connectivity index (χ4n) is 5.13. The third kappa shape index (κ3) is 9.01. The molecule has 2 aromatic rings. The Morgan fingerprint density at radius 2 is 1.65 bits per heavy atom. The minimum atomic E-state index is -0.296. The molecule has 0 saturated heterocycles. The van der Waals surface area contributed by atoms with Gasteiger partial charge in [-0.2, -0.15) is 0 Å². The van der Waals surface area contributed by atoms with Crippen LogP contribution in [-0.4, -0.2) is 30.1 Å². The summed E-state index contributed by atoms with van der Waals surface area (Å²) in [6, 6.07) is 13.0. The Morgan fingerprint density at radius 3 is 2.10 bits per heavy atom. The number of benzene rings is 2. The molecule has 2 aromatic carbocycles. The van der Waals surface area contributed by atoms with Gasteiger partial charge in [-0.15, -0.1) is 6.58 Å². The first-order valence-electron chi connectivity index (χ1n) is 15.2. The van der Waals surface area contributed by atoms with Crippen LogP contribution in [0.1, 0.15) is 120 Å². The topological polar surface area (TPSA) is 49.3 Å². The molecule has 3 rings (SSSR count). The third-order valence-corrected chi connectivity index (χ3v) is 8.58. The summed E-state index contributed by atoms with van der Waals surface area (Å²) in [5.41, 5.74) is 8.74. The molecule has 0 aliphatic heterocycles. The zero-order chi connectivity index (χ0) is 30.7. The number of carbonyl (C=O) groups is 1. The molecule has 1 aliphatic carbocycles. The Labute approximate surface area is 246 Å². The molecular weight excluding hydrogens is 490 g/mol. The second-order valence-corrected chi connectivity index (χ2v) is 12.4. The average molecular weight is 548 g/mol. The van der Waals surface area contributed by atoms with Gasteiger partial charge >= 0.3 is 0 Å². The Kier molecular flexibility index (Phi) is 13.8. The van der Waals surface area contributed by atoms with E-state index in [0.717, 1.165) is 44.0 Å². The number of nitrogens with one attached hydrogen (secondary N) is 1. The van der Waals surface area contributed by atoms with E-state index in [1.807, 2.05) is 39.1 Å². The van der Waals surface area contributed by atoms with Crippen LogP contribution in [0, 0.1) is 12.3 Å². The lowest BCUT2D eigenvalue weighted by atomic mass is 9.69. The number of aryl methyl sites for hydroxylation is 2. The summed E-state index contributed by atoms with van der Waals surface area (Å²) in [5.74, 6) is 0. The fourth-order valence-corrected chi connectivity index (χ4v) is 5.13. The Morgan fingerprint density at radius 1 is 1.02 bits per heavy atom. The number of hydrogen-bond donors (Lipinski definition) is 2. The molecule has 2 N–H and O–H groups in total. The lowest BCUT2D eigenvalue weighted by Gasteiger charge is -2.35. The number of aliphatic hydroxyl groups excluding tert-OH is 1. The van der Waals surface area contributed by atoms with E-state index >= 15 is 0 Å². The predicted molar refractivity (Wildman–Crippen MR) is 175 cm³/mol. The number of aliphatic hydroxyl groups is 1. The molecule has 40 heavy (non-hydrogen) atoms. The number of allylic oxidation sites excluding steroid dienone is 1. The largest absolute Gasteiger partial charge is 0.393 e. The van der Waals surface area contributed by atoms with Crippen LogP contribution < -0.4 is 5.32 Å². The third-order valence-electron chi connectivity index (χ3n) is 8.58. The fraction of sp³-hybridized carbons (Fsp3) is 0.541. The van der Waals surface area contributed by atoms with Gasteiger partial charge in [0, 0.05) is 16.5 Å². The van der Waals surface area contributed by atoms with E-state index in [1.54, 1.807) is 0 Å². The molecule has 0 aromatic heterocycles. The monoisotopic (exact) mass is 547 g/mol. The van der Waals surface area contributed by atoms with Crippen molar-refractivity contribution < 1.29 is 9.90 Å². The van der Waals surface area contributed by atoms with Gasteiger partial charge in [-0.25, -0.2) is 0 Å². The highest BCUT2D eigenvalue weighted by Crippen LogP contribution is 2.45. The summed E-state index contributed by atoms with van der Waals surface area (Å²) in [7, 11) is 1.92. The van der Waals surface area contributed by atoms with Crippen LogP contribution in [0.3, 0.4) is 0 Å². The Bertz CT molecular complexity index is 1130. The molecule has 1 atom stereocenters. The van der Waals surface area contributed by atoms with Gasteiger partial charge in [0.25, 0.3) is 0 Å². The maximum atomic E-state index is 11.2. The van der Waals surface area contributed by atoms with Crippen LogP contribution in [0.5, 0.6) is 0 Å². The molecule has 0 radical (unpaired) electrons. The maximum absolute atomic E-state index is 11.2. The smallest absolute Gasteiger partial charge is 0.150 e. The van der Waals surface area contributed by atoms with Crippen LogP contribution in [-0.2, 0) is 18.3 Å². The maximum Gasteiger partial charge on any atom is 0.150 e. The second kappa shape index (κ2) is 15.5. The Hall–Kier alpha value is -2.49. The van der Waals surface area contributed by atoms with E-state index in [0.29, 0.717) is 0 Å². The quantitative estimate of drug-likeness (QED) is 0.230. The lowest BCUT2D eigenvalue weighted by Crippen LogP contribution is -2.33. The normalized spacial score (nSPS) is 13.7. The first-order valence-corrected chi connectivity index (χ1v) is 15.2. The SMILES string of the molecule is C=CC(C)(C)NC.CC.CCC(CC)(C1=Cc2cc(C=O)ccc2C1)c1ccc(CCC(O)C(C)(C)C)c(C)c1. The van der Waals surface area contributed by atoms with Gasteiger partial charge in [0.1, 0.15) is 6.29 Å². The van der Waals surface area contributed by atoms with Crippen molar-refractivity contribution in [3.63, 3.8) is 0 Å². The lowest BCUT2D eigenvalue weighted by molar-refractivity contribution is 0.0559. The zero-order valence-corrected chi connectivity index (χ0v) is 27.4. The summed E-state index contributed by atoms with van der Waals surface area (Å²) in [6.45, 7) is 24.8. The van der Waals surface area contributed by atoms with Gasteiger partial charge in [-0.1, -0.05) is 96.5 Å². The highest BCUT2D eigenvalue weighted by molar-refractivity contribution is 5.79. The van der Waals surface area contributed by atoms with Crippen LogP contribution in [0.4, 0.5) is 0 Å². The highest BCUT2D eigenvalue weighted by Gasteiger charge is 2.35. The van der Waals surface area contributed by atoms with Crippen molar-refractivity contribution in [3.8, 4) is 0 Å². The van der Waals surface area contributed by atoms with Crippen molar-refractivity contribution in [1.82, 2.24) is 5.32 Å².